The van der Waals surface area contributed by atoms with E-state index in [-0.39, 0.29) is 5.88 Å². The van der Waals surface area contributed by atoms with Crippen LogP contribution in [0, 0.1) is 0 Å². The van der Waals surface area contributed by atoms with Crippen molar-refractivity contribution in [2.24, 2.45) is 4.99 Å². The third-order valence-electron chi connectivity index (χ3n) is 4.40. The second-order valence-electron chi connectivity index (χ2n) is 6.18. The summed E-state index contributed by atoms with van der Waals surface area (Å²) in [6, 6.07) is 9.34. The fourth-order valence-electron chi connectivity index (χ4n) is 3.19. The van der Waals surface area contributed by atoms with Gasteiger partial charge in [-0.2, -0.15) is 0 Å². The maximum atomic E-state index is 10.5. The van der Waals surface area contributed by atoms with E-state index in [4.69, 9.17) is 28.2 Å². The molecule has 0 radical (unpaired) electrons. The van der Waals surface area contributed by atoms with Gasteiger partial charge in [0.1, 0.15) is 0 Å². The Hall–Kier alpha value is -2.34. The van der Waals surface area contributed by atoms with Crippen LogP contribution in [0.2, 0.25) is 10.0 Å². The number of hydrogen-bond donors (Lipinski definition) is 1. The average molecular weight is 387 g/mol. The van der Waals surface area contributed by atoms with Gasteiger partial charge in [0.2, 0.25) is 5.88 Å². The van der Waals surface area contributed by atoms with E-state index in [2.05, 4.69) is 4.98 Å². The summed E-state index contributed by atoms with van der Waals surface area (Å²) in [6.07, 6.45) is 5.68. The van der Waals surface area contributed by atoms with E-state index >= 15 is 0 Å². The minimum absolute atomic E-state index is 0.136. The number of aliphatic imine (C=N–C) groups is 1. The second kappa shape index (κ2) is 6.76. The summed E-state index contributed by atoms with van der Waals surface area (Å²) in [5.41, 5.74) is 3.59. The van der Waals surface area contributed by atoms with Crippen molar-refractivity contribution in [1.29, 1.82) is 0 Å². The number of aliphatic hydroxyl groups excluding tert-OH is 1. The van der Waals surface area contributed by atoms with Gasteiger partial charge in [-0.25, -0.2) is 15.0 Å². The Labute approximate surface area is 161 Å². The third kappa shape index (κ3) is 2.98. The highest BCUT2D eigenvalue weighted by molar-refractivity contribution is 6.42. The number of hydrogen-bond acceptors (Lipinski definition) is 5. The van der Waals surface area contributed by atoms with Crippen LogP contribution in [0.5, 0.6) is 0 Å². The van der Waals surface area contributed by atoms with Gasteiger partial charge in [-0.1, -0.05) is 35.3 Å². The first-order valence-corrected chi connectivity index (χ1v) is 8.86. The van der Waals surface area contributed by atoms with Crippen molar-refractivity contribution in [2.45, 2.75) is 6.42 Å². The highest BCUT2D eigenvalue weighted by Gasteiger charge is 2.33. The number of hydrazine groups is 1. The van der Waals surface area contributed by atoms with Gasteiger partial charge in [-0.05, 0) is 29.3 Å². The van der Waals surface area contributed by atoms with Crippen LogP contribution in [0.1, 0.15) is 11.1 Å². The molecule has 2 aromatic rings. The maximum Gasteiger partial charge on any atom is 0.210 e. The van der Waals surface area contributed by atoms with Crippen LogP contribution in [0.25, 0.3) is 0 Å². The first-order chi connectivity index (χ1) is 12.5. The van der Waals surface area contributed by atoms with E-state index in [0.29, 0.717) is 28.7 Å². The molecule has 0 bridgehead atoms. The summed E-state index contributed by atoms with van der Waals surface area (Å²) < 4.78 is 0. The van der Waals surface area contributed by atoms with Gasteiger partial charge in [-0.3, -0.25) is 4.98 Å². The SMILES string of the molecule is CN1CC(Cc2cccc(Cl)c2Cl)=C2N=C(c3ccncc3)C=C(O)N21. The molecule has 0 amide bonds. The Bertz CT molecular complexity index is 953. The highest BCUT2D eigenvalue weighted by atomic mass is 35.5. The highest BCUT2D eigenvalue weighted by Crippen LogP contribution is 2.34. The zero-order valence-electron chi connectivity index (χ0n) is 14.0. The molecule has 4 rings (SSSR count). The normalized spacial score (nSPS) is 17.3. The topological polar surface area (TPSA) is 52.0 Å². The number of nitrogens with zero attached hydrogens (tertiary/aromatic N) is 4. The lowest BCUT2D eigenvalue weighted by molar-refractivity contribution is 0.0505. The molecular formula is C19H16Cl2N4O. The fraction of sp³-hybridized carbons (Fsp3) is 0.158. The van der Waals surface area contributed by atoms with Crippen molar-refractivity contribution in [3.8, 4) is 0 Å². The molecule has 0 saturated heterocycles. The lowest BCUT2D eigenvalue weighted by Gasteiger charge is -2.28. The van der Waals surface area contributed by atoms with Crippen LogP contribution in [0.3, 0.4) is 0 Å². The summed E-state index contributed by atoms with van der Waals surface area (Å²) >= 11 is 12.5. The van der Waals surface area contributed by atoms with Gasteiger partial charge in [0.05, 0.1) is 15.8 Å². The van der Waals surface area contributed by atoms with Crippen molar-refractivity contribution in [1.82, 2.24) is 15.0 Å². The molecule has 5 nitrogen and oxygen atoms in total. The summed E-state index contributed by atoms with van der Waals surface area (Å²) in [4.78, 5) is 8.82. The molecule has 2 aliphatic rings. The van der Waals surface area contributed by atoms with E-state index in [1.54, 1.807) is 29.5 Å². The number of halogens is 2. The van der Waals surface area contributed by atoms with E-state index in [0.717, 1.165) is 22.5 Å². The standard InChI is InChI=1S/C19H16Cl2N4O/c1-24-11-14(9-13-3-2-4-15(20)18(13)21)19-23-16(10-17(26)25(19)24)12-5-7-22-8-6-12/h2-8,10,26H,9,11H2,1H3. The number of benzene rings is 1. The van der Waals surface area contributed by atoms with Crippen molar-refractivity contribution in [3.63, 3.8) is 0 Å². The Morgan fingerprint density at radius 3 is 2.69 bits per heavy atom. The lowest BCUT2D eigenvalue weighted by Crippen LogP contribution is -2.35. The van der Waals surface area contributed by atoms with Gasteiger partial charge >= 0.3 is 0 Å². The zero-order valence-corrected chi connectivity index (χ0v) is 15.5. The molecule has 2 aliphatic heterocycles. The molecule has 132 valence electrons. The molecule has 1 N–H and O–H groups in total. The molecule has 1 aromatic heterocycles. The van der Waals surface area contributed by atoms with Crippen molar-refractivity contribution >= 4 is 28.9 Å². The van der Waals surface area contributed by atoms with Gasteiger partial charge in [-0.15, -0.1) is 0 Å². The van der Waals surface area contributed by atoms with E-state index in [1.807, 2.05) is 36.3 Å². The number of likely N-dealkylation sites (N-methyl/N-ethyl adjacent to an activating group) is 1. The number of rotatable bonds is 3. The van der Waals surface area contributed by atoms with Crippen molar-refractivity contribution in [2.75, 3.05) is 13.6 Å². The lowest BCUT2D eigenvalue weighted by atomic mass is 10.0. The number of aliphatic hydroxyl groups is 1. The molecule has 0 unspecified atom stereocenters. The summed E-state index contributed by atoms with van der Waals surface area (Å²) in [5.74, 6) is 0.854. The molecule has 0 spiro atoms. The largest absolute Gasteiger partial charge is 0.493 e. The Morgan fingerprint density at radius 1 is 1.15 bits per heavy atom. The quantitative estimate of drug-likeness (QED) is 0.858. The molecule has 7 heteroatoms. The number of fused-ring (bicyclic) bond motifs is 1. The fourth-order valence-corrected chi connectivity index (χ4v) is 3.58. The molecule has 0 aliphatic carbocycles. The van der Waals surface area contributed by atoms with Crippen LogP contribution in [-0.2, 0) is 6.42 Å². The summed E-state index contributed by atoms with van der Waals surface area (Å²) in [7, 11) is 1.91. The van der Waals surface area contributed by atoms with Crippen molar-refractivity contribution in [3.05, 3.63) is 87.3 Å². The van der Waals surface area contributed by atoms with Gasteiger partial charge < -0.3 is 5.11 Å². The minimum atomic E-state index is 0.136. The molecule has 0 saturated carbocycles. The predicted molar refractivity (Wildman–Crippen MR) is 103 cm³/mol. The summed E-state index contributed by atoms with van der Waals surface area (Å²) in [6.45, 7) is 0.642. The average Bonchev–Trinajstić information content (AvgIpc) is 2.96. The smallest absolute Gasteiger partial charge is 0.210 e. The van der Waals surface area contributed by atoms with E-state index in [1.165, 1.54) is 0 Å². The van der Waals surface area contributed by atoms with Crippen molar-refractivity contribution < 1.29 is 5.11 Å². The monoisotopic (exact) mass is 386 g/mol. The summed E-state index contributed by atoms with van der Waals surface area (Å²) in [5, 5.41) is 15.2. The van der Waals surface area contributed by atoms with Crippen LogP contribution in [0.15, 0.2) is 71.1 Å². The van der Waals surface area contributed by atoms with Gasteiger partial charge in [0, 0.05) is 44.0 Å². The van der Waals surface area contributed by atoms with Crippen LogP contribution < -0.4 is 0 Å². The predicted octanol–water partition coefficient (Wildman–Crippen LogP) is 4.21. The molecule has 1 aromatic carbocycles. The molecule has 3 heterocycles. The molecule has 26 heavy (non-hydrogen) atoms. The maximum absolute atomic E-state index is 10.5. The Balaban J connectivity index is 1.77. The molecule has 0 fully saturated rings. The second-order valence-corrected chi connectivity index (χ2v) is 6.97. The number of allylic oxidation sites excluding steroid dienone is 1. The number of aromatic nitrogens is 1. The molecular weight excluding hydrogens is 371 g/mol. The third-order valence-corrected chi connectivity index (χ3v) is 5.26. The van der Waals surface area contributed by atoms with Crippen LogP contribution >= 0.6 is 23.2 Å². The Kier molecular flexibility index (Phi) is 4.44. The van der Waals surface area contributed by atoms with Crippen LogP contribution in [0.4, 0.5) is 0 Å². The van der Waals surface area contributed by atoms with Gasteiger partial charge in [0.15, 0.2) is 5.82 Å². The molecule has 0 atom stereocenters. The zero-order chi connectivity index (χ0) is 18.3. The first kappa shape index (κ1) is 17.1. The minimum Gasteiger partial charge on any atom is -0.493 e. The van der Waals surface area contributed by atoms with E-state index < -0.39 is 0 Å². The number of pyridine rings is 1. The van der Waals surface area contributed by atoms with Crippen LogP contribution in [-0.4, -0.2) is 39.4 Å². The first-order valence-electron chi connectivity index (χ1n) is 8.10. The Morgan fingerprint density at radius 2 is 1.92 bits per heavy atom. The van der Waals surface area contributed by atoms with E-state index in [9.17, 15) is 5.11 Å². The van der Waals surface area contributed by atoms with Gasteiger partial charge in [0.25, 0.3) is 0 Å².